The molecule has 0 aromatic carbocycles. The first-order valence-electron chi connectivity index (χ1n) is 5.21. The molecular weight excluding hydrogens is 234 g/mol. The molecule has 0 atom stereocenters. The Kier molecular flexibility index (Phi) is 12.8. The van der Waals surface area contributed by atoms with Gasteiger partial charge in [0.05, 0.1) is 19.5 Å². The predicted octanol–water partition coefficient (Wildman–Crippen LogP) is -0.423. The number of unbranched alkanes of at least 4 members (excludes halogenated alkanes) is 1. The Hall–Kier alpha value is -0.210. The standard InChI is InChI=1S/C8H19NO2.CH4O3S/c1-2-3-4-9(5-7-10)6-8-11;1-5(2,3)4/h10-11H,2-8H2,1H3;1H3,(H,2,3,4). The summed E-state index contributed by atoms with van der Waals surface area (Å²) in [6, 6.07) is 0. The molecule has 0 saturated carbocycles. The van der Waals surface area contributed by atoms with Gasteiger partial charge in [0.1, 0.15) is 0 Å². The average molecular weight is 257 g/mol. The van der Waals surface area contributed by atoms with Crippen LogP contribution in [0.5, 0.6) is 0 Å². The highest BCUT2D eigenvalue weighted by Crippen LogP contribution is 1.93. The number of hydrogen-bond donors (Lipinski definition) is 3. The van der Waals surface area contributed by atoms with E-state index in [0.29, 0.717) is 19.3 Å². The van der Waals surface area contributed by atoms with Gasteiger partial charge in [0.25, 0.3) is 10.1 Å². The Morgan fingerprint density at radius 1 is 1.06 bits per heavy atom. The predicted molar refractivity (Wildman–Crippen MR) is 63.0 cm³/mol. The van der Waals surface area contributed by atoms with E-state index >= 15 is 0 Å². The van der Waals surface area contributed by atoms with Gasteiger partial charge in [-0.15, -0.1) is 0 Å². The molecule has 16 heavy (non-hydrogen) atoms. The molecule has 0 aliphatic heterocycles. The van der Waals surface area contributed by atoms with Crippen LogP contribution in [-0.4, -0.2) is 67.2 Å². The van der Waals surface area contributed by atoms with E-state index in [2.05, 4.69) is 11.8 Å². The van der Waals surface area contributed by atoms with Crippen molar-refractivity contribution in [1.82, 2.24) is 4.90 Å². The van der Waals surface area contributed by atoms with E-state index in [9.17, 15) is 8.42 Å². The fourth-order valence-electron chi connectivity index (χ4n) is 1.000. The second-order valence-corrected chi connectivity index (χ2v) is 4.84. The summed E-state index contributed by atoms with van der Waals surface area (Å²) in [6.45, 7) is 4.85. The third-order valence-electron chi connectivity index (χ3n) is 1.66. The Balaban J connectivity index is 0. The third-order valence-corrected chi connectivity index (χ3v) is 1.66. The maximum atomic E-state index is 9.19. The first kappa shape index (κ1) is 18.2. The van der Waals surface area contributed by atoms with E-state index in [0.717, 1.165) is 19.4 Å². The van der Waals surface area contributed by atoms with Crippen LogP contribution in [0.3, 0.4) is 0 Å². The van der Waals surface area contributed by atoms with Crippen LogP contribution in [0.25, 0.3) is 0 Å². The van der Waals surface area contributed by atoms with Crippen molar-refractivity contribution in [1.29, 1.82) is 0 Å². The van der Waals surface area contributed by atoms with Gasteiger partial charge in [-0.2, -0.15) is 8.42 Å². The molecule has 0 saturated heterocycles. The van der Waals surface area contributed by atoms with Gasteiger partial charge in [-0.25, -0.2) is 0 Å². The van der Waals surface area contributed by atoms with Crippen LogP contribution < -0.4 is 0 Å². The molecule has 0 aliphatic carbocycles. The van der Waals surface area contributed by atoms with Crippen LogP contribution >= 0.6 is 0 Å². The normalized spacial score (nSPS) is 11.1. The van der Waals surface area contributed by atoms with Crippen LogP contribution in [0.2, 0.25) is 0 Å². The van der Waals surface area contributed by atoms with Gasteiger partial charge in [-0.1, -0.05) is 13.3 Å². The molecule has 0 fully saturated rings. The van der Waals surface area contributed by atoms with Crippen LogP contribution in [0.4, 0.5) is 0 Å². The zero-order chi connectivity index (χ0) is 13.0. The summed E-state index contributed by atoms with van der Waals surface area (Å²) in [5.74, 6) is 0. The van der Waals surface area contributed by atoms with E-state index in [1.807, 2.05) is 0 Å². The third kappa shape index (κ3) is 23.5. The first-order chi connectivity index (χ1) is 7.35. The molecule has 0 aliphatic rings. The molecule has 0 bridgehead atoms. The monoisotopic (exact) mass is 257 g/mol. The Morgan fingerprint density at radius 3 is 1.69 bits per heavy atom. The maximum Gasteiger partial charge on any atom is 0.261 e. The van der Waals surface area contributed by atoms with Gasteiger partial charge in [0, 0.05) is 13.1 Å². The van der Waals surface area contributed by atoms with E-state index in [1.54, 1.807) is 0 Å². The van der Waals surface area contributed by atoms with E-state index in [1.165, 1.54) is 0 Å². The van der Waals surface area contributed by atoms with Gasteiger partial charge in [0.15, 0.2) is 0 Å². The molecule has 0 spiro atoms. The largest absolute Gasteiger partial charge is 0.395 e. The van der Waals surface area contributed by atoms with Crippen molar-refractivity contribution < 1.29 is 23.2 Å². The Morgan fingerprint density at radius 2 is 1.44 bits per heavy atom. The van der Waals surface area contributed by atoms with Crippen molar-refractivity contribution in [2.24, 2.45) is 0 Å². The number of nitrogens with zero attached hydrogens (tertiary/aromatic N) is 1. The lowest BCUT2D eigenvalue weighted by Crippen LogP contribution is -2.30. The topological polar surface area (TPSA) is 98.1 Å². The molecule has 7 heteroatoms. The lowest BCUT2D eigenvalue weighted by Gasteiger charge is -2.19. The second-order valence-electron chi connectivity index (χ2n) is 3.38. The molecule has 0 amide bonds. The number of aliphatic hydroxyl groups is 2. The summed E-state index contributed by atoms with van der Waals surface area (Å²) >= 11 is 0. The molecule has 0 rings (SSSR count). The van der Waals surface area contributed by atoms with Crippen molar-refractivity contribution in [2.45, 2.75) is 19.8 Å². The quantitative estimate of drug-likeness (QED) is 0.536. The average Bonchev–Trinajstić information content (AvgIpc) is 2.12. The fraction of sp³-hybridized carbons (Fsp3) is 1.00. The number of aliphatic hydroxyl groups excluding tert-OH is 2. The zero-order valence-corrected chi connectivity index (χ0v) is 10.8. The summed E-state index contributed by atoms with van der Waals surface area (Å²) in [5.41, 5.74) is 0. The van der Waals surface area contributed by atoms with Gasteiger partial charge in [-0.3, -0.25) is 9.45 Å². The molecule has 3 N–H and O–H groups in total. The van der Waals surface area contributed by atoms with E-state index < -0.39 is 10.1 Å². The SMILES string of the molecule is CCCCN(CCO)CCO.CS(=O)(=O)O. The van der Waals surface area contributed by atoms with Gasteiger partial charge in [-0.05, 0) is 13.0 Å². The molecule has 0 aromatic rings. The van der Waals surface area contributed by atoms with Crippen LogP contribution in [0, 0.1) is 0 Å². The first-order valence-corrected chi connectivity index (χ1v) is 7.06. The summed E-state index contributed by atoms with van der Waals surface area (Å²) < 4.78 is 25.9. The van der Waals surface area contributed by atoms with Gasteiger partial charge >= 0.3 is 0 Å². The minimum absolute atomic E-state index is 0.184. The Labute approximate surface area is 97.6 Å². The maximum absolute atomic E-state index is 9.19. The van der Waals surface area contributed by atoms with Crippen LogP contribution in [-0.2, 0) is 10.1 Å². The molecule has 0 unspecified atom stereocenters. The summed E-state index contributed by atoms with van der Waals surface area (Å²) in [4.78, 5) is 2.07. The van der Waals surface area contributed by atoms with E-state index in [4.69, 9.17) is 14.8 Å². The highest BCUT2D eigenvalue weighted by molar-refractivity contribution is 7.85. The van der Waals surface area contributed by atoms with Gasteiger partial charge in [0.2, 0.25) is 0 Å². The number of hydrogen-bond acceptors (Lipinski definition) is 5. The highest BCUT2D eigenvalue weighted by Gasteiger charge is 2.00. The molecule has 100 valence electrons. The van der Waals surface area contributed by atoms with Crippen LogP contribution in [0.15, 0.2) is 0 Å². The molecular formula is C9H23NO5S. The van der Waals surface area contributed by atoms with Crippen molar-refractivity contribution in [3.05, 3.63) is 0 Å². The highest BCUT2D eigenvalue weighted by atomic mass is 32.2. The minimum Gasteiger partial charge on any atom is -0.395 e. The minimum atomic E-state index is -3.67. The molecule has 0 heterocycles. The molecule has 0 radical (unpaired) electrons. The summed E-state index contributed by atoms with van der Waals surface area (Å²) in [7, 11) is -3.67. The van der Waals surface area contributed by atoms with Crippen molar-refractivity contribution in [3.8, 4) is 0 Å². The van der Waals surface area contributed by atoms with Crippen LogP contribution in [0.1, 0.15) is 19.8 Å². The van der Waals surface area contributed by atoms with Gasteiger partial charge < -0.3 is 10.2 Å². The van der Waals surface area contributed by atoms with Crippen molar-refractivity contribution >= 4 is 10.1 Å². The molecule has 0 aromatic heterocycles. The van der Waals surface area contributed by atoms with E-state index in [-0.39, 0.29) is 13.2 Å². The zero-order valence-electron chi connectivity index (χ0n) is 9.96. The second kappa shape index (κ2) is 11.3. The lowest BCUT2D eigenvalue weighted by atomic mass is 10.3. The summed E-state index contributed by atoms with van der Waals surface area (Å²) in [5, 5.41) is 17.3. The fourth-order valence-corrected chi connectivity index (χ4v) is 1.000. The number of rotatable bonds is 7. The molecule has 6 nitrogen and oxygen atoms in total. The summed E-state index contributed by atoms with van der Waals surface area (Å²) in [6.07, 6.45) is 3.01. The smallest absolute Gasteiger partial charge is 0.261 e. The van der Waals surface area contributed by atoms with Crippen molar-refractivity contribution in [3.63, 3.8) is 0 Å². The lowest BCUT2D eigenvalue weighted by molar-refractivity contribution is 0.159. The Bertz CT molecular complexity index is 216. The van der Waals surface area contributed by atoms with Crippen molar-refractivity contribution in [2.75, 3.05) is 39.1 Å².